The van der Waals surface area contributed by atoms with Gasteiger partial charge in [0.05, 0.1) is 0 Å². The van der Waals surface area contributed by atoms with Gasteiger partial charge in [-0.05, 0) is 5.41 Å². The van der Waals surface area contributed by atoms with Crippen molar-refractivity contribution < 1.29 is 0 Å². The van der Waals surface area contributed by atoms with Crippen LogP contribution in [0.5, 0.6) is 0 Å². The van der Waals surface area contributed by atoms with Gasteiger partial charge >= 0.3 is 0 Å². The fraction of sp³-hybridized carbons (Fsp3) is 1.00. The summed E-state index contributed by atoms with van der Waals surface area (Å²) < 4.78 is 0. The molecule has 0 aromatic rings. The summed E-state index contributed by atoms with van der Waals surface area (Å²) in [5.74, 6) is 0. The van der Waals surface area contributed by atoms with Gasteiger partial charge in [0.1, 0.15) is 0 Å². The van der Waals surface area contributed by atoms with Crippen LogP contribution in [0.2, 0.25) is 25.2 Å². The second-order valence-electron chi connectivity index (χ2n) is 6.01. The summed E-state index contributed by atoms with van der Waals surface area (Å²) in [6, 6.07) is 2.99. The van der Waals surface area contributed by atoms with Gasteiger partial charge in [-0.1, -0.05) is 65.7 Å². The Hall–Kier alpha value is 0.217. The predicted octanol–water partition coefficient (Wildman–Crippen LogP) is 4.54. The Morgan fingerprint density at radius 3 is 1.92 bits per heavy atom. The normalized spacial score (nSPS) is 13.5. The van der Waals surface area contributed by atoms with E-state index in [9.17, 15) is 0 Å². The fourth-order valence-electron chi connectivity index (χ4n) is 2.18. The van der Waals surface area contributed by atoms with E-state index in [0.29, 0.717) is 5.41 Å². The third kappa shape index (κ3) is 6.90. The lowest BCUT2D eigenvalue weighted by molar-refractivity contribution is 0.459. The predicted molar refractivity (Wildman–Crippen MR) is 61.5 cm³/mol. The zero-order valence-corrected chi connectivity index (χ0v) is 10.8. The molecule has 0 N–H and O–H groups in total. The molecule has 74 valence electrons. The standard InChI is InChI=1S/C11H26Si/c1-7-8-9-12(5,6)10-11(2,3)4/h7-10H2,1-6H3. The first-order chi connectivity index (χ1) is 5.27. The third-order valence-electron chi connectivity index (χ3n) is 2.22. The fourth-order valence-corrected chi connectivity index (χ4v) is 6.54. The lowest BCUT2D eigenvalue weighted by Gasteiger charge is -2.30. The number of rotatable bonds is 4. The lowest BCUT2D eigenvalue weighted by Crippen LogP contribution is -2.30. The van der Waals surface area contributed by atoms with Gasteiger partial charge in [-0.3, -0.25) is 0 Å². The monoisotopic (exact) mass is 186 g/mol. The molecule has 0 aliphatic heterocycles. The van der Waals surface area contributed by atoms with E-state index in [2.05, 4.69) is 40.8 Å². The Morgan fingerprint density at radius 1 is 1.08 bits per heavy atom. The molecule has 1 heteroatoms. The van der Waals surface area contributed by atoms with E-state index in [1.54, 1.807) is 0 Å². The van der Waals surface area contributed by atoms with Crippen molar-refractivity contribution >= 4 is 8.07 Å². The highest BCUT2D eigenvalue weighted by Crippen LogP contribution is 2.30. The Bertz CT molecular complexity index is 119. The molecule has 0 spiro atoms. The van der Waals surface area contributed by atoms with Crippen molar-refractivity contribution in [3.05, 3.63) is 0 Å². The summed E-state index contributed by atoms with van der Waals surface area (Å²) in [5.41, 5.74) is 0.545. The second kappa shape index (κ2) is 4.45. The van der Waals surface area contributed by atoms with Crippen LogP contribution in [0.1, 0.15) is 40.5 Å². The van der Waals surface area contributed by atoms with Gasteiger partial charge in [-0.25, -0.2) is 0 Å². The molecular formula is C11H26Si. The summed E-state index contributed by atoms with van der Waals surface area (Å²) in [4.78, 5) is 0. The maximum Gasteiger partial charge on any atom is 0.0478 e. The molecule has 0 nitrogen and oxygen atoms in total. The molecule has 0 rings (SSSR count). The molecule has 0 aliphatic rings. The molecule has 0 heterocycles. The molecule has 0 saturated carbocycles. The highest BCUT2D eigenvalue weighted by atomic mass is 28.3. The van der Waals surface area contributed by atoms with Crippen molar-refractivity contribution in [2.45, 2.75) is 65.7 Å². The quantitative estimate of drug-likeness (QED) is 0.565. The van der Waals surface area contributed by atoms with Gasteiger partial charge < -0.3 is 0 Å². The largest absolute Gasteiger partial charge is 0.0693 e. The Morgan fingerprint density at radius 2 is 1.58 bits per heavy atom. The van der Waals surface area contributed by atoms with Crippen molar-refractivity contribution in [1.29, 1.82) is 0 Å². The van der Waals surface area contributed by atoms with Crippen LogP contribution in [-0.4, -0.2) is 8.07 Å². The van der Waals surface area contributed by atoms with Gasteiger partial charge in [0, 0.05) is 8.07 Å². The summed E-state index contributed by atoms with van der Waals surface area (Å²) in [6.07, 6.45) is 2.80. The first kappa shape index (κ1) is 12.2. The smallest absolute Gasteiger partial charge is 0.0478 e. The zero-order chi connectivity index (χ0) is 9.83. The summed E-state index contributed by atoms with van der Waals surface area (Å²) in [6.45, 7) is 14.5. The first-order valence-corrected chi connectivity index (χ1v) is 8.68. The van der Waals surface area contributed by atoms with E-state index in [4.69, 9.17) is 0 Å². The lowest BCUT2D eigenvalue weighted by atomic mass is 10.0. The minimum absolute atomic E-state index is 0.545. The van der Waals surface area contributed by atoms with Crippen LogP contribution in [0.4, 0.5) is 0 Å². The topological polar surface area (TPSA) is 0 Å². The third-order valence-corrected chi connectivity index (χ3v) is 5.94. The molecule has 0 fully saturated rings. The van der Waals surface area contributed by atoms with Crippen LogP contribution in [0.25, 0.3) is 0 Å². The number of hydrogen-bond acceptors (Lipinski definition) is 0. The van der Waals surface area contributed by atoms with E-state index in [1.807, 2.05) is 0 Å². The molecule has 0 unspecified atom stereocenters. The van der Waals surface area contributed by atoms with Crippen LogP contribution in [-0.2, 0) is 0 Å². The molecule has 0 aromatic heterocycles. The van der Waals surface area contributed by atoms with E-state index in [-0.39, 0.29) is 0 Å². The minimum atomic E-state index is -0.860. The Kier molecular flexibility index (Phi) is 4.53. The van der Waals surface area contributed by atoms with Crippen molar-refractivity contribution in [2.75, 3.05) is 0 Å². The van der Waals surface area contributed by atoms with Crippen LogP contribution in [0.3, 0.4) is 0 Å². The molecule has 0 saturated heterocycles. The van der Waals surface area contributed by atoms with Gasteiger partial charge in [-0.2, -0.15) is 0 Å². The molecule has 12 heavy (non-hydrogen) atoms. The minimum Gasteiger partial charge on any atom is -0.0693 e. The van der Waals surface area contributed by atoms with Crippen molar-refractivity contribution in [3.63, 3.8) is 0 Å². The number of hydrogen-bond donors (Lipinski definition) is 0. The second-order valence-corrected chi connectivity index (χ2v) is 11.2. The van der Waals surface area contributed by atoms with Gasteiger partial charge in [0.15, 0.2) is 0 Å². The molecule has 0 atom stereocenters. The van der Waals surface area contributed by atoms with E-state index >= 15 is 0 Å². The van der Waals surface area contributed by atoms with Gasteiger partial charge in [0.25, 0.3) is 0 Å². The Labute approximate surface area is 79.8 Å². The Balaban J connectivity index is 3.86. The van der Waals surface area contributed by atoms with Crippen molar-refractivity contribution in [1.82, 2.24) is 0 Å². The average Bonchev–Trinajstić information content (AvgIpc) is 1.78. The van der Waals surface area contributed by atoms with Crippen molar-refractivity contribution in [3.8, 4) is 0 Å². The van der Waals surface area contributed by atoms with Gasteiger partial charge in [0.2, 0.25) is 0 Å². The maximum absolute atomic E-state index is 2.54. The van der Waals surface area contributed by atoms with Crippen LogP contribution in [0, 0.1) is 5.41 Å². The first-order valence-electron chi connectivity index (χ1n) is 5.27. The molecule has 0 bridgehead atoms. The zero-order valence-electron chi connectivity index (χ0n) is 9.83. The van der Waals surface area contributed by atoms with Crippen LogP contribution >= 0.6 is 0 Å². The maximum atomic E-state index is 2.54. The van der Waals surface area contributed by atoms with E-state index < -0.39 is 8.07 Å². The van der Waals surface area contributed by atoms with Crippen molar-refractivity contribution in [2.24, 2.45) is 5.41 Å². The van der Waals surface area contributed by atoms with Crippen LogP contribution < -0.4 is 0 Å². The molecule has 0 aromatic carbocycles. The molecular weight excluding hydrogens is 160 g/mol. The van der Waals surface area contributed by atoms with E-state index in [1.165, 1.54) is 24.9 Å². The average molecular weight is 186 g/mol. The van der Waals surface area contributed by atoms with E-state index in [0.717, 1.165) is 0 Å². The molecule has 0 aliphatic carbocycles. The number of unbranched alkanes of at least 4 members (excludes halogenated alkanes) is 1. The molecule has 0 amide bonds. The highest BCUT2D eigenvalue weighted by molar-refractivity contribution is 6.77. The highest BCUT2D eigenvalue weighted by Gasteiger charge is 2.26. The summed E-state index contributed by atoms with van der Waals surface area (Å²) in [7, 11) is -0.860. The summed E-state index contributed by atoms with van der Waals surface area (Å²) >= 11 is 0. The SMILES string of the molecule is CCCC[Si](C)(C)CC(C)(C)C. The summed E-state index contributed by atoms with van der Waals surface area (Å²) in [5, 5.41) is 0. The van der Waals surface area contributed by atoms with Gasteiger partial charge in [-0.15, -0.1) is 0 Å². The van der Waals surface area contributed by atoms with Crippen LogP contribution in [0.15, 0.2) is 0 Å². The molecule has 0 radical (unpaired) electrons.